The fourth-order valence-corrected chi connectivity index (χ4v) is 3.95. The normalized spacial score (nSPS) is 20.5. The molecule has 146 valence electrons. The Morgan fingerprint density at radius 1 is 1.28 bits per heavy atom. The molecule has 2 aromatic rings. The Balaban J connectivity index is 1.57. The minimum atomic E-state index is -1.07. The van der Waals surface area contributed by atoms with E-state index >= 15 is 0 Å². The Morgan fingerprint density at radius 3 is 2.90 bits per heavy atom. The Bertz CT molecular complexity index is 1020. The molecule has 1 unspecified atom stereocenters. The van der Waals surface area contributed by atoms with Crippen molar-refractivity contribution >= 4 is 30.0 Å². The molecular weight excluding hydrogens is 367 g/mol. The molecule has 2 atom stereocenters. The second-order valence-electron chi connectivity index (χ2n) is 7.49. The molecule has 0 amide bonds. The van der Waals surface area contributed by atoms with Crippen LogP contribution < -0.4 is 16.1 Å². The molecule has 0 radical (unpaired) electrons. The van der Waals surface area contributed by atoms with Crippen LogP contribution in [0.5, 0.6) is 0 Å². The fraction of sp³-hybridized carbons (Fsp3) is 0.400. The van der Waals surface area contributed by atoms with Crippen molar-refractivity contribution in [3.05, 3.63) is 35.0 Å². The van der Waals surface area contributed by atoms with E-state index in [1.54, 1.807) is 12.3 Å². The second kappa shape index (κ2) is 8.08. The number of nitrogens with zero attached hydrogens (tertiary/aromatic N) is 4. The van der Waals surface area contributed by atoms with Gasteiger partial charge < -0.3 is 20.3 Å². The number of nitrogens with one attached hydrogen (secondary N) is 2. The lowest BCUT2D eigenvalue weighted by atomic mass is 9.76. The summed E-state index contributed by atoms with van der Waals surface area (Å²) in [6.45, 7) is 2.18. The average Bonchev–Trinajstić information content (AvgIpc) is 3.11. The summed E-state index contributed by atoms with van der Waals surface area (Å²) in [5.74, 6) is 1.08. The highest BCUT2D eigenvalue weighted by molar-refractivity contribution is 6.62. The number of hydrogen-bond donors (Lipinski definition) is 3. The zero-order valence-corrected chi connectivity index (χ0v) is 16.1. The highest BCUT2D eigenvalue weighted by Gasteiger charge is 2.31. The number of aromatic nitrogens is 2. The average molecular weight is 388 g/mol. The van der Waals surface area contributed by atoms with E-state index in [9.17, 15) is 15.5 Å². The first-order valence-corrected chi connectivity index (χ1v) is 9.72. The van der Waals surface area contributed by atoms with Crippen molar-refractivity contribution in [2.45, 2.75) is 45.3 Å². The minimum absolute atomic E-state index is 0.0177. The standard InChI is InChI=1S/C20H21BN6O2/c1-12-10-24-20(27-19(12)26-17-5-3-2-4-13(17)8-22)25-16-6-14(9-23)18-15(7-16)11-29-21(18)28/h6-7,10,13,17,28H,2-5,11H2,1H3,(H2,24,25,26,27)/t13?,17-/m0/s1. The first kappa shape index (κ1) is 19.2. The number of fused-ring (bicyclic) bond motifs is 1. The van der Waals surface area contributed by atoms with E-state index < -0.39 is 7.12 Å². The van der Waals surface area contributed by atoms with Crippen LogP contribution in [0.4, 0.5) is 17.5 Å². The zero-order valence-electron chi connectivity index (χ0n) is 16.1. The molecule has 29 heavy (non-hydrogen) atoms. The van der Waals surface area contributed by atoms with E-state index in [4.69, 9.17) is 4.65 Å². The summed E-state index contributed by atoms with van der Waals surface area (Å²) in [7, 11) is -1.07. The van der Waals surface area contributed by atoms with Crippen molar-refractivity contribution in [2.75, 3.05) is 10.6 Å². The predicted octanol–water partition coefficient (Wildman–Crippen LogP) is 2.11. The van der Waals surface area contributed by atoms with Gasteiger partial charge in [0.25, 0.3) is 0 Å². The summed E-state index contributed by atoms with van der Waals surface area (Å²) in [5.41, 5.74) is 3.20. The maximum Gasteiger partial charge on any atom is 0.493 e. The lowest BCUT2D eigenvalue weighted by Gasteiger charge is -2.28. The monoisotopic (exact) mass is 388 g/mol. The van der Waals surface area contributed by atoms with Gasteiger partial charge >= 0.3 is 7.12 Å². The van der Waals surface area contributed by atoms with Gasteiger partial charge in [-0.2, -0.15) is 15.5 Å². The summed E-state index contributed by atoms with van der Waals surface area (Å²) in [6.07, 6.45) is 5.77. The van der Waals surface area contributed by atoms with Crippen molar-refractivity contribution in [1.82, 2.24) is 9.97 Å². The van der Waals surface area contributed by atoms with E-state index in [0.29, 0.717) is 28.5 Å². The van der Waals surface area contributed by atoms with E-state index in [1.165, 1.54) is 0 Å². The maximum atomic E-state index is 9.89. The molecule has 0 saturated heterocycles. The summed E-state index contributed by atoms with van der Waals surface area (Å²) in [6, 6.07) is 8.07. The largest absolute Gasteiger partial charge is 0.493 e. The highest BCUT2D eigenvalue weighted by Crippen LogP contribution is 2.28. The number of anilines is 3. The SMILES string of the molecule is Cc1cnc(Nc2cc(C#N)c3c(c2)COB3O)nc1N[C@H]1CCCCC1C#N. The molecule has 1 aromatic heterocycles. The van der Waals surface area contributed by atoms with E-state index in [0.717, 1.165) is 36.8 Å². The molecule has 0 spiro atoms. The zero-order chi connectivity index (χ0) is 20.4. The third-order valence-corrected chi connectivity index (χ3v) is 5.51. The molecule has 1 aliphatic carbocycles. The molecule has 2 heterocycles. The molecule has 0 bridgehead atoms. The van der Waals surface area contributed by atoms with Gasteiger partial charge in [0.05, 0.1) is 30.2 Å². The molecule has 4 rings (SSSR count). The van der Waals surface area contributed by atoms with Gasteiger partial charge in [0.1, 0.15) is 5.82 Å². The van der Waals surface area contributed by atoms with Crippen LogP contribution in [0.3, 0.4) is 0 Å². The van der Waals surface area contributed by atoms with Gasteiger partial charge in [-0.25, -0.2) is 4.98 Å². The fourth-order valence-electron chi connectivity index (χ4n) is 3.95. The number of aryl methyl sites for hydroxylation is 1. The Hall–Kier alpha value is -3.14. The van der Waals surface area contributed by atoms with E-state index in [1.807, 2.05) is 13.0 Å². The molecule has 1 fully saturated rings. The topological polar surface area (TPSA) is 127 Å². The first-order chi connectivity index (χ1) is 14.1. The summed E-state index contributed by atoms with van der Waals surface area (Å²) in [5, 5.41) is 35.3. The van der Waals surface area contributed by atoms with Crippen molar-refractivity contribution in [2.24, 2.45) is 5.92 Å². The van der Waals surface area contributed by atoms with Crippen LogP contribution in [0.25, 0.3) is 0 Å². The molecule has 9 heteroatoms. The summed E-state index contributed by atoms with van der Waals surface area (Å²) in [4.78, 5) is 8.93. The molecular formula is C20H21BN6O2. The van der Waals surface area contributed by atoms with Crippen molar-refractivity contribution in [3.8, 4) is 12.1 Å². The van der Waals surface area contributed by atoms with Crippen molar-refractivity contribution < 1.29 is 9.68 Å². The molecule has 3 N–H and O–H groups in total. The van der Waals surface area contributed by atoms with Crippen molar-refractivity contribution in [1.29, 1.82) is 10.5 Å². The van der Waals surface area contributed by atoms with Gasteiger partial charge in [0.2, 0.25) is 5.95 Å². The van der Waals surface area contributed by atoms with Crippen molar-refractivity contribution in [3.63, 3.8) is 0 Å². The first-order valence-electron chi connectivity index (χ1n) is 9.72. The quantitative estimate of drug-likeness (QED) is 0.680. The van der Waals surface area contributed by atoms with Crippen LogP contribution >= 0.6 is 0 Å². The summed E-state index contributed by atoms with van der Waals surface area (Å²) < 4.78 is 5.22. The number of nitriles is 2. The van der Waals surface area contributed by atoms with Crippen LogP contribution in [-0.4, -0.2) is 28.2 Å². The van der Waals surface area contributed by atoms with Gasteiger partial charge in [0.15, 0.2) is 0 Å². The highest BCUT2D eigenvalue weighted by atomic mass is 16.5. The van der Waals surface area contributed by atoms with Crippen LogP contribution in [-0.2, 0) is 11.3 Å². The Labute approximate surface area is 169 Å². The second-order valence-corrected chi connectivity index (χ2v) is 7.49. The lowest BCUT2D eigenvalue weighted by molar-refractivity contribution is 0.275. The van der Waals surface area contributed by atoms with Crippen LogP contribution in [0.15, 0.2) is 18.3 Å². The van der Waals surface area contributed by atoms with Gasteiger partial charge in [-0.15, -0.1) is 0 Å². The van der Waals surface area contributed by atoms with Gasteiger partial charge in [0, 0.05) is 29.0 Å². The summed E-state index contributed by atoms with van der Waals surface area (Å²) >= 11 is 0. The molecule has 1 saturated carbocycles. The third-order valence-electron chi connectivity index (χ3n) is 5.51. The van der Waals surface area contributed by atoms with Gasteiger partial charge in [-0.3, -0.25) is 0 Å². The molecule has 1 aliphatic heterocycles. The van der Waals surface area contributed by atoms with E-state index in [2.05, 4.69) is 32.7 Å². The van der Waals surface area contributed by atoms with Gasteiger partial charge in [-0.1, -0.05) is 12.8 Å². The number of benzene rings is 1. The van der Waals surface area contributed by atoms with Gasteiger partial charge in [-0.05, 0) is 37.5 Å². The Morgan fingerprint density at radius 2 is 2.10 bits per heavy atom. The van der Waals surface area contributed by atoms with E-state index in [-0.39, 0.29) is 18.6 Å². The third kappa shape index (κ3) is 3.88. The number of rotatable bonds is 4. The molecule has 2 aliphatic rings. The van der Waals surface area contributed by atoms with Crippen LogP contribution in [0.2, 0.25) is 0 Å². The smallest absolute Gasteiger partial charge is 0.423 e. The lowest BCUT2D eigenvalue weighted by Crippen LogP contribution is -2.32. The molecule has 8 nitrogen and oxygen atoms in total. The minimum Gasteiger partial charge on any atom is -0.423 e. The predicted molar refractivity (Wildman–Crippen MR) is 109 cm³/mol. The Kier molecular flexibility index (Phi) is 5.35. The maximum absolute atomic E-state index is 9.89. The number of hydrogen-bond acceptors (Lipinski definition) is 8. The molecule has 1 aromatic carbocycles. The van der Waals surface area contributed by atoms with Crippen LogP contribution in [0.1, 0.15) is 42.4 Å². The van der Waals surface area contributed by atoms with Crippen LogP contribution in [0, 0.1) is 35.5 Å².